The number of rotatable bonds is 5. The van der Waals surface area contributed by atoms with Crippen LogP contribution in [-0.2, 0) is 11.2 Å². The Bertz CT molecular complexity index is 671. The van der Waals surface area contributed by atoms with Gasteiger partial charge in [-0.3, -0.25) is 4.79 Å². The molecular weight excluding hydrogens is 300 g/mol. The van der Waals surface area contributed by atoms with E-state index in [1.807, 2.05) is 18.4 Å². The molecule has 0 saturated carbocycles. The number of nitrogens with zero attached hydrogens (tertiary/aromatic N) is 3. The van der Waals surface area contributed by atoms with E-state index in [1.165, 1.54) is 0 Å². The van der Waals surface area contributed by atoms with Gasteiger partial charge in [-0.15, -0.1) is 11.3 Å². The third-order valence-corrected chi connectivity index (χ3v) is 4.71. The largest absolute Gasteiger partial charge is 0.395 e. The van der Waals surface area contributed by atoms with Crippen LogP contribution in [0.2, 0.25) is 0 Å². The number of likely N-dealkylation sites (tertiary alicyclic amines) is 1. The zero-order valence-electron chi connectivity index (χ0n) is 12.6. The van der Waals surface area contributed by atoms with Gasteiger partial charge in [0.15, 0.2) is 0 Å². The molecule has 3 rings (SSSR count). The van der Waals surface area contributed by atoms with E-state index in [1.54, 1.807) is 16.2 Å². The van der Waals surface area contributed by atoms with Gasteiger partial charge < -0.3 is 15.3 Å². The molecule has 3 heterocycles. The second kappa shape index (κ2) is 6.58. The van der Waals surface area contributed by atoms with Crippen LogP contribution in [0.5, 0.6) is 0 Å². The summed E-state index contributed by atoms with van der Waals surface area (Å²) in [5, 5.41) is 15.3. The minimum atomic E-state index is -0.275. The van der Waals surface area contributed by atoms with Gasteiger partial charge in [0.2, 0.25) is 5.91 Å². The highest BCUT2D eigenvalue weighted by Gasteiger charge is 2.29. The number of piperidine rings is 1. The van der Waals surface area contributed by atoms with Crippen molar-refractivity contribution in [2.45, 2.75) is 32.2 Å². The van der Waals surface area contributed by atoms with Crippen molar-refractivity contribution in [2.24, 2.45) is 0 Å². The second-order valence-corrected chi connectivity index (χ2v) is 6.26. The third kappa shape index (κ3) is 2.91. The van der Waals surface area contributed by atoms with Crippen molar-refractivity contribution in [3.8, 4) is 0 Å². The summed E-state index contributed by atoms with van der Waals surface area (Å²) in [6.07, 6.45) is 2.48. The molecule has 2 N–H and O–H groups in total. The molecule has 1 amide bonds. The quantitative estimate of drug-likeness (QED) is 0.876. The van der Waals surface area contributed by atoms with Gasteiger partial charge in [-0.2, -0.15) is 0 Å². The molecule has 1 saturated heterocycles. The van der Waals surface area contributed by atoms with Crippen molar-refractivity contribution in [3.63, 3.8) is 0 Å². The van der Waals surface area contributed by atoms with Crippen LogP contribution in [-0.4, -0.2) is 51.6 Å². The van der Waals surface area contributed by atoms with Crippen LogP contribution in [0.4, 0.5) is 5.82 Å². The number of β-amino-alcohol motifs (C(OH)–C–C–N with tert-alkyl or cyclic N) is 1. The van der Waals surface area contributed by atoms with E-state index < -0.39 is 0 Å². The molecule has 118 valence electrons. The molecular formula is C15H20N4O2S. The number of carbonyl (C=O) groups is 1. The number of carbonyl (C=O) groups excluding carboxylic acids is 1. The summed E-state index contributed by atoms with van der Waals surface area (Å²) in [5.74, 6) is 1.57. The monoisotopic (exact) mass is 320 g/mol. The number of anilines is 1. The highest BCUT2D eigenvalue weighted by atomic mass is 32.1. The lowest BCUT2D eigenvalue weighted by molar-refractivity contribution is -0.134. The summed E-state index contributed by atoms with van der Waals surface area (Å²) in [5.41, 5.74) is 0. The molecule has 1 unspecified atom stereocenters. The van der Waals surface area contributed by atoms with Gasteiger partial charge in [0.1, 0.15) is 22.5 Å². The van der Waals surface area contributed by atoms with Crippen molar-refractivity contribution >= 4 is 33.3 Å². The fraction of sp³-hybridized carbons (Fsp3) is 0.533. The summed E-state index contributed by atoms with van der Waals surface area (Å²) in [7, 11) is 0. The lowest BCUT2D eigenvalue weighted by atomic mass is 10.0. The van der Waals surface area contributed by atoms with E-state index >= 15 is 0 Å². The van der Waals surface area contributed by atoms with Crippen molar-refractivity contribution in [1.82, 2.24) is 14.9 Å². The fourth-order valence-corrected chi connectivity index (χ4v) is 3.53. The van der Waals surface area contributed by atoms with E-state index in [-0.39, 0.29) is 18.6 Å². The van der Waals surface area contributed by atoms with Gasteiger partial charge in [0.25, 0.3) is 0 Å². The number of aliphatic hydroxyl groups is 1. The van der Waals surface area contributed by atoms with E-state index in [2.05, 4.69) is 15.3 Å². The molecule has 2 aromatic rings. The maximum Gasteiger partial charge on any atom is 0.245 e. The highest BCUT2D eigenvalue weighted by molar-refractivity contribution is 7.16. The van der Waals surface area contributed by atoms with Crippen molar-refractivity contribution in [3.05, 3.63) is 17.3 Å². The molecule has 6 nitrogen and oxygen atoms in total. The lowest BCUT2D eigenvalue weighted by Crippen LogP contribution is -2.48. The van der Waals surface area contributed by atoms with Crippen LogP contribution in [0, 0.1) is 0 Å². The molecule has 0 aliphatic carbocycles. The molecule has 1 aliphatic heterocycles. The number of hydrogen-bond donors (Lipinski definition) is 2. The number of amides is 1. The van der Waals surface area contributed by atoms with Crippen LogP contribution in [0.1, 0.15) is 25.6 Å². The summed E-state index contributed by atoms with van der Waals surface area (Å²) in [6.45, 7) is 3.14. The first-order chi connectivity index (χ1) is 10.7. The van der Waals surface area contributed by atoms with Crippen LogP contribution in [0.3, 0.4) is 0 Å². The standard InChI is InChI=1S/C15H20N4O2S/c1-2-12-17-13(10-5-9-22-14(10)18-12)16-11-4-3-6-19(7-8-20)15(11)21/h5,9,11,20H,2-4,6-8H2,1H3,(H,16,17,18). The van der Waals surface area contributed by atoms with Crippen molar-refractivity contribution in [1.29, 1.82) is 0 Å². The lowest BCUT2D eigenvalue weighted by Gasteiger charge is -2.32. The Morgan fingerprint density at radius 1 is 1.50 bits per heavy atom. The van der Waals surface area contributed by atoms with Crippen LogP contribution in [0.25, 0.3) is 10.2 Å². The predicted molar refractivity (Wildman–Crippen MR) is 87.1 cm³/mol. The molecule has 2 aromatic heterocycles. The second-order valence-electron chi connectivity index (χ2n) is 5.37. The van der Waals surface area contributed by atoms with E-state index in [4.69, 9.17) is 5.11 Å². The number of thiophene rings is 1. The zero-order chi connectivity index (χ0) is 15.5. The predicted octanol–water partition coefficient (Wildman–Crippen LogP) is 1.65. The minimum Gasteiger partial charge on any atom is -0.395 e. The van der Waals surface area contributed by atoms with E-state index in [0.717, 1.165) is 47.7 Å². The molecule has 0 spiro atoms. The smallest absolute Gasteiger partial charge is 0.245 e. The maximum absolute atomic E-state index is 12.5. The number of hydrogen-bond acceptors (Lipinski definition) is 6. The van der Waals surface area contributed by atoms with Crippen LogP contribution < -0.4 is 5.32 Å². The number of fused-ring (bicyclic) bond motifs is 1. The summed E-state index contributed by atoms with van der Waals surface area (Å²) in [4.78, 5) is 24.2. The Kier molecular flexibility index (Phi) is 4.54. The average molecular weight is 320 g/mol. The van der Waals surface area contributed by atoms with Gasteiger partial charge in [-0.1, -0.05) is 6.92 Å². The van der Waals surface area contributed by atoms with Crippen molar-refractivity contribution in [2.75, 3.05) is 25.0 Å². The molecule has 0 radical (unpaired) electrons. The number of aromatic nitrogens is 2. The van der Waals surface area contributed by atoms with Gasteiger partial charge in [0, 0.05) is 19.5 Å². The highest BCUT2D eigenvalue weighted by Crippen LogP contribution is 2.27. The Labute approximate surface area is 133 Å². The molecule has 1 aliphatic rings. The minimum absolute atomic E-state index is 0.000720. The molecule has 1 fully saturated rings. The number of aliphatic hydroxyl groups excluding tert-OH is 1. The molecule has 7 heteroatoms. The first kappa shape index (κ1) is 15.2. The Morgan fingerprint density at radius 3 is 3.14 bits per heavy atom. The topological polar surface area (TPSA) is 78.4 Å². The first-order valence-electron chi connectivity index (χ1n) is 7.63. The van der Waals surface area contributed by atoms with E-state index in [0.29, 0.717) is 6.54 Å². The Balaban J connectivity index is 1.85. The van der Waals surface area contributed by atoms with Gasteiger partial charge in [-0.05, 0) is 24.3 Å². The zero-order valence-corrected chi connectivity index (χ0v) is 13.4. The maximum atomic E-state index is 12.5. The normalized spacial score (nSPS) is 18.9. The van der Waals surface area contributed by atoms with Crippen molar-refractivity contribution < 1.29 is 9.90 Å². The van der Waals surface area contributed by atoms with Gasteiger partial charge in [-0.25, -0.2) is 9.97 Å². The fourth-order valence-electron chi connectivity index (χ4n) is 2.75. The summed E-state index contributed by atoms with van der Waals surface area (Å²) < 4.78 is 0. The number of nitrogens with one attached hydrogen (secondary N) is 1. The Morgan fingerprint density at radius 2 is 2.36 bits per heavy atom. The van der Waals surface area contributed by atoms with Gasteiger partial charge >= 0.3 is 0 Å². The molecule has 22 heavy (non-hydrogen) atoms. The van der Waals surface area contributed by atoms with Gasteiger partial charge in [0.05, 0.1) is 12.0 Å². The number of aryl methyl sites for hydroxylation is 1. The SMILES string of the molecule is CCc1nc(NC2CCCN(CCO)C2=O)c2ccsc2n1. The van der Waals surface area contributed by atoms with E-state index in [9.17, 15) is 4.79 Å². The average Bonchev–Trinajstić information content (AvgIpc) is 3.00. The summed E-state index contributed by atoms with van der Waals surface area (Å²) in [6, 6.07) is 1.71. The first-order valence-corrected chi connectivity index (χ1v) is 8.51. The third-order valence-electron chi connectivity index (χ3n) is 3.90. The van der Waals surface area contributed by atoms with Crippen LogP contribution in [0.15, 0.2) is 11.4 Å². The Hall–Kier alpha value is -1.73. The van der Waals surface area contributed by atoms with Crippen LogP contribution >= 0.6 is 11.3 Å². The molecule has 0 bridgehead atoms. The molecule has 1 atom stereocenters. The molecule has 0 aromatic carbocycles. The summed E-state index contributed by atoms with van der Waals surface area (Å²) >= 11 is 1.58.